The van der Waals surface area contributed by atoms with Crippen molar-refractivity contribution in [3.63, 3.8) is 0 Å². The number of hydrogen-bond acceptors (Lipinski definition) is 3. The predicted molar refractivity (Wildman–Crippen MR) is 90.1 cm³/mol. The Morgan fingerprint density at radius 3 is 2.50 bits per heavy atom. The van der Waals surface area contributed by atoms with Crippen molar-refractivity contribution < 1.29 is 9.84 Å². The number of nitrogens with one attached hydrogen (secondary N) is 1. The summed E-state index contributed by atoms with van der Waals surface area (Å²) in [5.74, 6) is 0. The quantitative estimate of drug-likeness (QED) is 0.736. The lowest BCUT2D eigenvalue weighted by Crippen LogP contribution is -2.27. The van der Waals surface area contributed by atoms with E-state index in [9.17, 15) is 0 Å². The van der Waals surface area contributed by atoms with Crippen LogP contribution in [0.25, 0.3) is 0 Å². The van der Waals surface area contributed by atoms with Crippen LogP contribution in [0, 0.1) is 13.8 Å². The monoisotopic (exact) mass is 299 g/mol. The van der Waals surface area contributed by atoms with Gasteiger partial charge in [0, 0.05) is 6.54 Å². The molecule has 118 valence electrons. The normalized spacial score (nSPS) is 12.3. The van der Waals surface area contributed by atoms with Crippen LogP contribution < -0.4 is 5.32 Å². The fourth-order valence-corrected chi connectivity index (χ4v) is 2.64. The summed E-state index contributed by atoms with van der Waals surface area (Å²) in [4.78, 5) is 0. The molecule has 2 aromatic rings. The average Bonchev–Trinajstić information content (AvgIpc) is 2.53. The van der Waals surface area contributed by atoms with Gasteiger partial charge in [0.2, 0.25) is 0 Å². The second-order valence-corrected chi connectivity index (χ2v) is 5.49. The van der Waals surface area contributed by atoms with Gasteiger partial charge in [-0.1, -0.05) is 54.1 Å². The molecule has 0 fully saturated rings. The molecular formula is C19H25NO2. The minimum Gasteiger partial charge on any atom is -0.394 e. The van der Waals surface area contributed by atoms with Crippen LogP contribution >= 0.6 is 0 Å². The third-order valence-corrected chi connectivity index (χ3v) is 3.70. The molecular weight excluding hydrogens is 274 g/mol. The Hall–Kier alpha value is -1.68. The van der Waals surface area contributed by atoms with Crippen molar-refractivity contribution in [1.82, 2.24) is 5.32 Å². The second kappa shape index (κ2) is 8.69. The van der Waals surface area contributed by atoms with Gasteiger partial charge >= 0.3 is 0 Å². The first kappa shape index (κ1) is 16.7. The van der Waals surface area contributed by atoms with Crippen LogP contribution in [-0.4, -0.2) is 31.5 Å². The molecule has 2 aromatic carbocycles. The highest BCUT2D eigenvalue weighted by atomic mass is 16.5. The lowest BCUT2D eigenvalue weighted by molar-refractivity contribution is 0.0931. The topological polar surface area (TPSA) is 41.5 Å². The summed E-state index contributed by atoms with van der Waals surface area (Å²) in [5.41, 5.74) is 5.10. The van der Waals surface area contributed by atoms with E-state index in [4.69, 9.17) is 9.84 Å². The van der Waals surface area contributed by atoms with Crippen LogP contribution in [0.1, 0.15) is 28.3 Å². The van der Waals surface area contributed by atoms with E-state index in [0.717, 1.165) is 6.54 Å². The first-order valence-electron chi connectivity index (χ1n) is 7.76. The zero-order valence-corrected chi connectivity index (χ0v) is 13.4. The van der Waals surface area contributed by atoms with Gasteiger partial charge in [0.25, 0.3) is 0 Å². The molecule has 2 rings (SSSR count). The SMILES string of the molecule is Cc1ccc(C(NCCOCCO)c2ccccc2)c(C)c1. The Morgan fingerprint density at radius 1 is 1.05 bits per heavy atom. The maximum absolute atomic E-state index is 8.75. The third-order valence-electron chi connectivity index (χ3n) is 3.70. The molecule has 1 unspecified atom stereocenters. The molecule has 0 radical (unpaired) electrons. The predicted octanol–water partition coefficient (Wildman–Crippen LogP) is 2.99. The van der Waals surface area contributed by atoms with Gasteiger partial charge < -0.3 is 15.2 Å². The Balaban J connectivity index is 2.15. The number of benzene rings is 2. The molecule has 0 aromatic heterocycles. The number of aryl methyl sites for hydroxylation is 2. The Morgan fingerprint density at radius 2 is 1.82 bits per heavy atom. The number of rotatable bonds is 8. The van der Waals surface area contributed by atoms with Gasteiger partial charge in [-0.15, -0.1) is 0 Å². The van der Waals surface area contributed by atoms with Gasteiger partial charge in [-0.05, 0) is 30.5 Å². The molecule has 0 saturated heterocycles. The van der Waals surface area contributed by atoms with E-state index in [1.165, 1.54) is 22.3 Å². The van der Waals surface area contributed by atoms with E-state index >= 15 is 0 Å². The highest BCUT2D eigenvalue weighted by Crippen LogP contribution is 2.25. The first-order valence-corrected chi connectivity index (χ1v) is 7.76. The first-order chi connectivity index (χ1) is 10.7. The molecule has 0 spiro atoms. The van der Waals surface area contributed by atoms with Crippen LogP contribution in [0.3, 0.4) is 0 Å². The number of aliphatic hydroxyl groups excluding tert-OH is 1. The van der Waals surface area contributed by atoms with Crippen LogP contribution in [0.4, 0.5) is 0 Å². The molecule has 3 nitrogen and oxygen atoms in total. The largest absolute Gasteiger partial charge is 0.394 e. The average molecular weight is 299 g/mol. The van der Waals surface area contributed by atoms with Crippen LogP contribution in [0.15, 0.2) is 48.5 Å². The maximum atomic E-state index is 8.75. The standard InChI is InChI=1S/C19H25NO2/c1-15-8-9-18(16(2)14-15)19(17-6-4-3-5-7-17)20-10-12-22-13-11-21/h3-9,14,19-21H,10-13H2,1-2H3. The van der Waals surface area contributed by atoms with Gasteiger partial charge in [0.15, 0.2) is 0 Å². The molecule has 1 atom stereocenters. The van der Waals surface area contributed by atoms with Crippen LogP contribution in [0.2, 0.25) is 0 Å². The van der Waals surface area contributed by atoms with Crippen molar-refractivity contribution in [1.29, 1.82) is 0 Å². The molecule has 0 heterocycles. The van der Waals surface area contributed by atoms with E-state index in [1.54, 1.807) is 0 Å². The van der Waals surface area contributed by atoms with Crippen LogP contribution in [0.5, 0.6) is 0 Å². The molecule has 3 heteroatoms. The third kappa shape index (κ3) is 4.67. The number of ether oxygens (including phenoxy) is 1. The van der Waals surface area contributed by atoms with Gasteiger partial charge in [-0.2, -0.15) is 0 Å². The van der Waals surface area contributed by atoms with Crippen LogP contribution in [-0.2, 0) is 4.74 Å². The fourth-order valence-electron chi connectivity index (χ4n) is 2.64. The molecule has 0 saturated carbocycles. The van der Waals surface area contributed by atoms with Gasteiger partial charge in [0.05, 0.1) is 25.9 Å². The zero-order chi connectivity index (χ0) is 15.8. The molecule has 0 bridgehead atoms. The number of hydrogen-bond donors (Lipinski definition) is 2. The molecule has 0 aliphatic heterocycles. The van der Waals surface area contributed by atoms with Crippen molar-refractivity contribution in [2.24, 2.45) is 0 Å². The van der Waals surface area contributed by atoms with E-state index in [-0.39, 0.29) is 12.6 Å². The summed E-state index contributed by atoms with van der Waals surface area (Å²) in [6.07, 6.45) is 0. The number of aliphatic hydroxyl groups is 1. The molecule has 2 N–H and O–H groups in total. The van der Waals surface area contributed by atoms with Crippen molar-refractivity contribution in [3.05, 3.63) is 70.8 Å². The van der Waals surface area contributed by atoms with Crippen molar-refractivity contribution in [2.45, 2.75) is 19.9 Å². The smallest absolute Gasteiger partial charge is 0.0698 e. The molecule has 0 amide bonds. The maximum Gasteiger partial charge on any atom is 0.0698 e. The summed E-state index contributed by atoms with van der Waals surface area (Å²) in [7, 11) is 0. The Labute approximate surface area is 133 Å². The summed E-state index contributed by atoms with van der Waals surface area (Å²) < 4.78 is 5.34. The van der Waals surface area contributed by atoms with Crippen molar-refractivity contribution in [2.75, 3.05) is 26.4 Å². The van der Waals surface area contributed by atoms with E-state index < -0.39 is 0 Å². The van der Waals surface area contributed by atoms with E-state index in [0.29, 0.717) is 13.2 Å². The van der Waals surface area contributed by atoms with Crippen molar-refractivity contribution >= 4 is 0 Å². The van der Waals surface area contributed by atoms with Gasteiger partial charge in [-0.25, -0.2) is 0 Å². The lowest BCUT2D eigenvalue weighted by Gasteiger charge is -2.22. The Kier molecular flexibility index (Phi) is 6.59. The molecule has 22 heavy (non-hydrogen) atoms. The zero-order valence-electron chi connectivity index (χ0n) is 13.4. The highest BCUT2D eigenvalue weighted by Gasteiger charge is 2.15. The van der Waals surface area contributed by atoms with E-state index in [2.05, 4.69) is 61.6 Å². The fraction of sp³-hybridized carbons (Fsp3) is 0.368. The van der Waals surface area contributed by atoms with Gasteiger partial charge in [-0.3, -0.25) is 0 Å². The summed E-state index contributed by atoms with van der Waals surface area (Å²) in [6, 6.07) is 17.2. The molecule has 0 aliphatic rings. The second-order valence-electron chi connectivity index (χ2n) is 5.49. The van der Waals surface area contributed by atoms with Gasteiger partial charge in [0.1, 0.15) is 0 Å². The summed E-state index contributed by atoms with van der Waals surface area (Å²) in [6.45, 7) is 6.06. The highest BCUT2D eigenvalue weighted by molar-refractivity contribution is 5.38. The molecule has 0 aliphatic carbocycles. The summed E-state index contributed by atoms with van der Waals surface area (Å²) >= 11 is 0. The minimum absolute atomic E-state index is 0.0686. The Bertz CT molecular complexity index is 569. The van der Waals surface area contributed by atoms with Crippen molar-refractivity contribution in [3.8, 4) is 0 Å². The summed E-state index contributed by atoms with van der Waals surface area (Å²) in [5, 5.41) is 12.3. The minimum atomic E-state index is 0.0686. The van der Waals surface area contributed by atoms with E-state index in [1.807, 2.05) is 6.07 Å². The lowest BCUT2D eigenvalue weighted by atomic mass is 9.94.